The van der Waals surface area contributed by atoms with E-state index in [4.69, 9.17) is 4.74 Å². The summed E-state index contributed by atoms with van der Waals surface area (Å²) in [5, 5.41) is 5.01. The highest BCUT2D eigenvalue weighted by Crippen LogP contribution is 2.15. The van der Waals surface area contributed by atoms with Gasteiger partial charge in [0.1, 0.15) is 12.4 Å². The lowest BCUT2D eigenvalue weighted by Gasteiger charge is -2.30. The molecule has 0 bridgehead atoms. The first-order chi connectivity index (χ1) is 13.5. The third kappa shape index (κ3) is 5.57. The molecule has 0 saturated carbocycles. The van der Waals surface area contributed by atoms with Crippen LogP contribution in [0.4, 0.5) is 9.52 Å². The Morgan fingerprint density at radius 1 is 1.32 bits per heavy atom. The first kappa shape index (κ1) is 20.4. The Labute approximate surface area is 167 Å². The molecule has 150 valence electrons. The van der Waals surface area contributed by atoms with E-state index in [1.165, 1.54) is 34.4 Å². The summed E-state index contributed by atoms with van der Waals surface area (Å²) in [6.07, 6.45) is 0. The first-order valence-corrected chi connectivity index (χ1v) is 9.97. The summed E-state index contributed by atoms with van der Waals surface area (Å²) in [5.74, 6) is -1.46. The van der Waals surface area contributed by atoms with Crippen LogP contribution in [0.25, 0.3) is 0 Å². The Morgan fingerprint density at radius 3 is 2.75 bits per heavy atom. The lowest BCUT2D eigenvalue weighted by molar-refractivity contribution is -0.117. The van der Waals surface area contributed by atoms with Gasteiger partial charge < -0.3 is 15.0 Å². The summed E-state index contributed by atoms with van der Waals surface area (Å²) in [6, 6.07) is 5.81. The fourth-order valence-electron chi connectivity index (χ4n) is 2.89. The maximum Gasteiger partial charge on any atom is 0.257 e. The molecule has 3 rings (SSSR count). The number of hydrogen-bond acceptors (Lipinski definition) is 6. The number of nitrogens with zero attached hydrogens (tertiary/aromatic N) is 3. The van der Waals surface area contributed by atoms with Gasteiger partial charge in [-0.15, -0.1) is 11.3 Å². The van der Waals surface area contributed by atoms with Crippen molar-refractivity contribution in [2.75, 3.05) is 51.3 Å². The maximum atomic E-state index is 14.1. The molecule has 0 radical (unpaired) electrons. The van der Waals surface area contributed by atoms with Crippen LogP contribution < -0.4 is 5.32 Å². The van der Waals surface area contributed by atoms with Crippen LogP contribution in [0.2, 0.25) is 0 Å². The maximum absolute atomic E-state index is 14.1. The van der Waals surface area contributed by atoms with Crippen molar-refractivity contribution >= 4 is 28.3 Å². The summed E-state index contributed by atoms with van der Waals surface area (Å²) in [5.41, 5.74) is 0.772. The zero-order valence-corrected chi connectivity index (χ0v) is 16.5. The SMILES string of the molecule is Cc1csc(NC(=O)CN(CCN2CCOCC2)C(=O)c2ccccc2F)n1. The van der Waals surface area contributed by atoms with Crippen molar-refractivity contribution in [3.63, 3.8) is 0 Å². The van der Waals surface area contributed by atoms with E-state index in [0.717, 1.165) is 18.8 Å². The Hall–Kier alpha value is -2.36. The van der Waals surface area contributed by atoms with E-state index in [9.17, 15) is 14.0 Å². The van der Waals surface area contributed by atoms with Gasteiger partial charge >= 0.3 is 0 Å². The average molecular weight is 406 g/mol. The van der Waals surface area contributed by atoms with E-state index < -0.39 is 11.7 Å². The zero-order valence-electron chi connectivity index (χ0n) is 15.7. The van der Waals surface area contributed by atoms with Crippen molar-refractivity contribution in [1.82, 2.24) is 14.8 Å². The fraction of sp³-hybridized carbons (Fsp3) is 0.421. The molecule has 1 aromatic heterocycles. The number of aryl methyl sites for hydroxylation is 1. The van der Waals surface area contributed by atoms with Crippen molar-refractivity contribution in [3.05, 3.63) is 46.7 Å². The van der Waals surface area contributed by atoms with Crippen LogP contribution in [-0.2, 0) is 9.53 Å². The highest BCUT2D eigenvalue weighted by atomic mass is 32.1. The molecule has 1 fully saturated rings. The number of morpholine rings is 1. The van der Waals surface area contributed by atoms with Gasteiger partial charge in [-0.2, -0.15) is 0 Å². The third-order valence-corrected chi connectivity index (χ3v) is 5.26. The van der Waals surface area contributed by atoms with Crippen molar-refractivity contribution in [2.45, 2.75) is 6.92 Å². The fourth-order valence-corrected chi connectivity index (χ4v) is 3.59. The van der Waals surface area contributed by atoms with Gasteiger partial charge in [-0.25, -0.2) is 9.37 Å². The number of carbonyl (C=O) groups excluding carboxylic acids is 2. The molecule has 2 aromatic rings. The van der Waals surface area contributed by atoms with Gasteiger partial charge in [0.2, 0.25) is 5.91 Å². The van der Waals surface area contributed by atoms with Crippen LogP contribution in [0, 0.1) is 12.7 Å². The van der Waals surface area contributed by atoms with E-state index >= 15 is 0 Å². The number of halogens is 1. The number of rotatable bonds is 7. The van der Waals surface area contributed by atoms with Gasteiger partial charge in [0, 0.05) is 31.6 Å². The number of amides is 2. The van der Waals surface area contributed by atoms with Gasteiger partial charge in [-0.05, 0) is 19.1 Å². The number of aromatic nitrogens is 1. The molecular formula is C19H23FN4O3S. The smallest absolute Gasteiger partial charge is 0.257 e. The van der Waals surface area contributed by atoms with Crippen molar-refractivity contribution in [3.8, 4) is 0 Å². The summed E-state index contributed by atoms with van der Waals surface area (Å²) in [6.45, 7) is 5.40. The molecule has 0 unspecified atom stereocenters. The Morgan fingerprint density at radius 2 is 2.07 bits per heavy atom. The van der Waals surface area contributed by atoms with Gasteiger partial charge in [0.05, 0.1) is 24.5 Å². The second-order valence-electron chi connectivity index (χ2n) is 6.50. The molecule has 2 amide bonds. The highest BCUT2D eigenvalue weighted by molar-refractivity contribution is 7.13. The van der Waals surface area contributed by atoms with Crippen molar-refractivity contribution in [2.24, 2.45) is 0 Å². The van der Waals surface area contributed by atoms with Gasteiger partial charge in [-0.1, -0.05) is 12.1 Å². The van der Waals surface area contributed by atoms with Crippen molar-refractivity contribution < 1.29 is 18.7 Å². The summed E-state index contributed by atoms with van der Waals surface area (Å²) in [4.78, 5) is 33.1. The van der Waals surface area contributed by atoms with Crippen LogP contribution in [0.3, 0.4) is 0 Å². The van der Waals surface area contributed by atoms with Crippen LogP contribution in [0.5, 0.6) is 0 Å². The first-order valence-electron chi connectivity index (χ1n) is 9.09. The largest absolute Gasteiger partial charge is 0.379 e. The summed E-state index contributed by atoms with van der Waals surface area (Å²) >= 11 is 1.32. The number of ether oxygens (including phenoxy) is 1. The molecule has 0 atom stereocenters. The quantitative estimate of drug-likeness (QED) is 0.761. The van der Waals surface area contributed by atoms with Crippen molar-refractivity contribution in [1.29, 1.82) is 0 Å². The minimum absolute atomic E-state index is 0.0395. The number of anilines is 1. The molecule has 1 N–H and O–H groups in total. The number of benzene rings is 1. The van der Waals surface area contributed by atoms with Crippen LogP contribution >= 0.6 is 11.3 Å². The van der Waals surface area contributed by atoms with E-state index in [1.807, 2.05) is 12.3 Å². The molecule has 1 aliphatic heterocycles. The molecule has 1 saturated heterocycles. The van der Waals surface area contributed by atoms with E-state index in [-0.39, 0.29) is 18.0 Å². The molecule has 2 heterocycles. The molecule has 1 aliphatic rings. The molecule has 0 aliphatic carbocycles. The van der Waals surface area contributed by atoms with E-state index in [1.54, 1.807) is 6.07 Å². The minimum atomic E-state index is -0.597. The Balaban J connectivity index is 1.68. The lowest BCUT2D eigenvalue weighted by atomic mass is 10.2. The summed E-state index contributed by atoms with van der Waals surface area (Å²) in [7, 11) is 0. The predicted molar refractivity (Wildman–Crippen MR) is 105 cm³/mol. The average Bonchev–Trinajstić information content (AvgIpc) is 3.10. The Bertz CT molecular complexity index is 823. The van der Waals surface area contributed by atoms with E-state index in [0.29, 0.717) is 31.4 Å². The summed E-state index contributed by atoms with van der Waals surface area (Å²) < 4.78 is 19.4. The van der Waals surface area contributed by atoms with Crippen LogP contribution in [-0.4, -0.2) is 72.5 Å². The van der Waals surface area contributed by atoms with Gasteiger partial charge in [0.25, 0.3) is 5.91 Å². The van der Waals surface area contributed by atoms with Crippen LogP contribution in [0.15, 0.2) is 29.6 Å². The number of thiazole rings is 1. The normalized spacial score (nSPS) is 14.6. The topological polar surface area (TPSA) is 74.8 Å². The van der Waals surface area contributed by atoms with E-state index in [2.05, 4.69) is 15.2 Å². The van der Waals surface area contributed by atoms with Gasteiger partial charge in [0.15, 0.2) is 5.13 Å². The highest BCUT2D eigenvalue weighted by Gasteiger charge is 2.23. The molecule has 1 aromatic carbocycles. The lowest BCUT2D eigenvalue weighted by Crippen LogP contribution is -2.45. The minimum Gasteiger partial charge on any atom is -0.379 e. The van der Waals surface area contributed by atoms with Crippen LogP contribution in [0.1, 0.15) is 16.1 Å². The zero-order chi connectivity index (χ0) is 19.9. The number of carbonyl (C=O) groups is 2. The molecule has 0 spiro atoms. The standard InChI is InChI=1S/C19H23FN4O3S/c1-14-13-28-19(21-14)22-17(25)12-24(7-6-23-8-10-27-11-9-23)18(26)15-4-2-3-5-16(15)20/h2-5,13H,6-12H2,1H3,(H,21,22,25). The molecule has 9 heteroatoms. The van der Waals surface area contributed by atoms with Gasteiger partial charge in [-0.3, -0.25) is 14.5 Å². The Kier molecular flexibility index (Phi) is 7.07. The molecule has 28 heavy (non-hydrogen) atoms. The monoisotopic (exact) mass is 406 g/mol. The second-order valence-corrected chi connectivity index (χ2v) is 7.36. The second kappa shape index (κ2) is 9.72. The number of nitrogens with one attached hydrogen (secondary N) is 1. The predicted octanol–water partition coefficient (Wildman–Crippen LogP) is 2.00. The third-order valence-electron chi connectivity index (χ3n) is 4.38. The molecular weight excluding hydrogens is 383 g/mol. The molecule has 7 nitrogen and oxygen atoms in total. The number of hydrogen-bond donors (Lipinski definition) is 1.